The molecule has 1 saturated carbocycles. The van der Waals surface area contributed by atoms with Crippen LogP contribution in [0.1, 0.15) is 39.5 Å². The second-order valence-electron chi connectivity index (χ2n) is 6.90. The molecule has 3 heteroatoms. The minimum Gasteiger partial charge on any atom is -0.303 e. The molecule has 3 fully saturated rings. The molecule has 3 aliphatic rings. The van der Waals surface area contributed by atoms with E-state index in [2.05, 4.69) is 23.6 Å². The first-order chi connectivity index (χ1) is 8.81. The molecule has 0 amide bonds. The van der Waals surface area contributed by atoms with Crippen molar-refractivity contribution in [2.75, 3.05) is 39.3 Å². The summed E-state index contributed by atoms with van der Waals surface area (Å²) in [6.07, 6.45) is 5.64. The monoisotopic (exact) mass is 339 g/mol. The van der Waals surface area contributed by atoms with Gasteiger partial charge in [0.15, 0.2) is 0 Å². The Hall–Kier alpha value is 1.02. The molecule has 0 aromatic rings. The quantitative estimate of drug-likeness (QED) is 0.760. The van der Waals surface area contributed by atoms with Crippen LogP contribution in [0.5, 0.6) is 0 Å². The van der Waals surface area contributed by atoms with Gasteiger partial charge in [-0.05, 0) is 62.6 Å². The maximum atomic E-state index is 2.78. The van der Waals surface area contributed by atoms with E-state index >= 15 is 0 Å². The zero-order chi connectivity index (χ0) is 12.5. The number of fused-ring (bicyclic) bond motifs is 1. The molecule has 1 aliphatic carbocycles. The maximum absolute atomic E-state index is 2.78. The molecule has 0 spiro atoms. The number of nitrogens with zero attached hydrogens (tertiary/aromatic N) is 2. The fourth-order valence-corrected chi connectivity index (χ4v) is 4.57. The van der Waals surface area contributed by atoms with Crippen molar-refractivity contribution in [2.45, 2.75) is 39.5 Å². The molecule has 3 rings (SSSR count). The van der Waals surface area contributed by atoms with E-state index in [0.29, 0.717) is 0 Å². The standard InChI is InChI=1S/C16H30N2.Y/c1-3-7-17-8-5-13(6-9-17)10-18-11-15-14(4-2)16(15)12-18;/h13-16H,3-12H2,1-2H3;/t14?,15-,16+;. The zero-order valence-electron chi connectivity index (χ0n) is 12.9. The minimum absolute atomic E-state index is 0. The zero-order valence-corrected chi connectivity index (χ0v) is 15.7. The summed E-state index contributed by atoms with van der Waals surface area (Å²) < 4.78 is 0. The Kier molecular flexibility index (Phi) is 6.33. The van der Waals surface area contributed by atoms with E-state index in [0.717, 1.165) is 23.7 Å². The van der Waals surface area contributed by atoms with Crippen molar-refractivity contribution in [2.24, 2.45) is 23.7 Å². The van der Waals surface area contributed by atoms with Gasteiger partial charge in [0.1, 0.15) is 0 Å². The Balaban J connectivity index is 0.00000133. The van der Waals surface area contributed by atoms with Crippen LogP contribution in [0.15, 0.2) is 0 Å². The molecule has 3 atom stereocenters. The molecule has 0 bridgehead atoms. The van der Waals surface area contributed by atoms with Crippen molar-refractivity contribution in [1.29, 1.82) is 0 Å². The van der Waals surface area contributed by atoms with Gasteiger partial charge in [-0.25, -0.2) is 0 Å². The van der Waals surface area contributed by atoms with Crippen molar-refractivity contribution >= 4 is 0 Å². The molecule has 0 N–H and O–H groups in total. The smallest absolute Gasteiger partial charge is 0.00159 e. The number of hydrogen-bond acceptors (Lipinski definition) is 2. The van der Waals surface area contributed by atoms with Gasteiger partial charge in [-0.1, -0.05) is 20.3 Å². The van der Waals surface area contributed by atoms with Crippen molar-refractivity contribution in [1.82, 2.24) is 9.80 Å². The molecule has 2 heterocycles. The van der Waals surface area contributed by atoms with Crippen molar-refractivity contribution < 1.29 is 32.7 Å². The van der Waals surface area contributed by atoms with Crippen LogP contribution in [-0.2, 0) is 32.7 Å². The van der Waals surface area contributed by atoms with E-state index in [1.807, 2.05) is 0 Å². The summed E-state index contributed by atoms with van der Waals surface area (Å²) in [7, 11) is 0. The molecule has 0 aromatic heterocycles. The molecule has 0 aromatic carbocycles. The summed E-state index contributed by atoms with van der Waals surface area (Å²) >= 11 is 0. The van der Waals surface area contributed by atoms with Crippen LogP contribution >= 0.6 is 0 Å². The van der Waals surface area contributed by atoms with Gasteiger partial charge in [0.25, 0.3) is 0 Å². The summed E-state index contributed by atoms with van der Waals surface area (Å²) in [5.74, 6) is 4.29. The van der Waals surface area contributed by atoms with Gasteiger partial charge < -0.3 is 9.80 Å². The SMILES string of the molecule is CCCN1CCC(CN2C[C@@H]3C(CC)[C@@H]3C2)CC1.[Y]. The van der Waals surface area contributed by atoms with Gasteiger partial charge in [0, 0.05) is 52.3 Å². The average molecular weight is 339 g/mol. The Bertz CT molecular complexity index is 264. The second-order valence-corrected chi connectivity index (χ2v) is 6.90. The summed E-state index contributed by atoms with van der Waals surface area (Å²) in [5.41, 5.74) is 0. The van der Waals surface area contributed by atoms with Crippen LogP contribution < -0.4 is 0 Å². The Morgan fingerprint density at radius 1 is 0.947 bits per heavy atom. The third kappa shape index (κ3) is 3.81. The van der Waals surface area contributed by atoms with Gasteiger partial charge in [0.05, 0.1) is 0 Å². The van der Waals surface area contributed by atoms with Gasteiger partial charge in [0.2, 0.25) is 0 Å². The topological polar surface area (TPSA) is 6.48 Å². The Labute approximate surface area is 144 Å². The average Bonchev–Trinajstić information content (AvgIpc) is 2.86. The summed E-state index contributed by atoms with van der Waals surface area (Å²) in [4.78, 5) is 5.44. The van der Waals surface area contributed by atoms with E-state index in [1.54, 1.807) is 0 Å². The van der Waals surface area contributed by atoms with Crippen LogP contribution in [0, 0.1) is 23.7 Å². The first kappa shape index (κ1) is 16.4. The fourth-order valence-electron chi connectivity index (χ4n) is 4.57. The Morgan fingerprint density at radius 3 is 2.11 bits per heavy atom. The maximum Gasteiger partial charge on any atom is 0.00159 e. The van der Waals surface area contributed by atoms with Crippen LogP contribution in [0.3, 0.4) is 0 Å². The van der Waals surface area contributed by atoms with Crippen molar-refractivity contribution in [3.8, 4) is 0 Å². The van der Waals surface area contributed by atoms with Gasteiger partial charge in [-0.15, -0.1) is 0 Å². The van der Waals surface area contributed by atoms with E-state index in [4.69, 9.17) is 0 Å². The number of rotatable bonds is 5. The molecule has 2 nitrogen and oxygen atoms in total. The van der Waals surface area contributed by atoms with E-state index < -0.39 is 0 Å². The normalized spacial score (nSPS) is 36.0. The number of likely N-dealkylation sites (tertiary alicyclic amines) is 2. The van der Waals surface area contributed by atoms with Gasteiger partial charge >= 0.3 is 0 Å². The summed E-state index contributed by atoms with van der Waals surface area (Å²) in [6, 6.07) is 0. The first-order valence-corrected chi connectivity index (χ1v) is 8.26. The molecule has 19 heavy (non-hydrogen) atoms. The molecular weight excluding hydrogens is 309 g/mol. The van der Waals surface area contributed by atoms with Crippen LogP contribution in [0.2, 0.25) is 0 Å². The molecule has 107 valence electrons. The molecule has 2 aliphatic heterocycles. The molecule has 1 unspecified atom stereocenters. The van der Waals surface area contributed by atoms with Crippen LogP contribution in [-0.4, -0.2) is 49.1 Å². The first-order valence-electron chi connectivity index (χ1n) is 8.26. The third-order valence-electron chi connectivity index (χ3n) is 5.68. The third-order valence-corrected chi connectivity index (χ3v) is 5.68. The largest absolute Gasteiger partial charge is 0.303 e. The van der Waals surface area contributed by atoms with Crippen LogP contribution in [0.4, 0.5) is 0 Å². The number of hydrogen-bond donors (Lipinski definition) is 0. The van der Waals surface area contributed by atoms with Crippen molar-refractivity contribution in [3.05, 3.63) is 0 Å². The number of piperidine rings is 2. The molecule has 2 saturated heterocycles. The van der Waals surface area contributed by atoms with Gasteiger partial charge in [-0.2, -0.15) is 0 Å². The van der Waals surface area contributed by atoms with Gasteiger partial charge in [-0.3, -0.25) is 0 Å². The van der Waals surface area contributed by atoms with Crippen LogP contribution in [0.25, 0.3) is 0 Å². The Morgan fingerprint density at radius 2 is 1.58 bits per heavy atom. The van der Waals surface area contributed by atoms with E-state index in [9.17, 15) is 0 Å². The minimum atomic E-state index is 0. The summed E-state index contributed by atoms with van der Waals surface area (Å²) in [6.45, 7) is 13.0. The van der Waals surface area contributed by atoms with E-state index in [-0.39, 0.29) is 32.7 Å². The van der Waals surface area contributed by atoms with Crippen molar-refractivity contribution in [3.63, 3.8) is 0 Å². The second kappa shape index (κ2) is 7.34. The predicted molar refractivity (Wildman–Crippen MR) is 76.7 cm³/mol. The van der Waals surface area contributed by atoms with E-state index in [1.165, 1.54) is 65.0 Å². The molecule has 1 radical (unpaired) electrons. The fraction of sp³-hybridized carbons (Fsp3) is 1.00. The molecular formula is C16H30N2Y. The summed E-state index contributed by atoms with van der Waals surface area (Å²) in [5, 5.41) is 0. The predicted octanol–water partition coefficient (Wildman–Crippen LogP) is 2.69.